The van der Waals surface area contributed by atoms with Crippen molar-refractivity contribution in [1.82, 2.24) is 19.6 Å². The van der Waals surface area contributed by atoms with E-state index in [1.807, 2.05) is 30.5 Å². The van der Waals surface area contributed by atoms with Gasteiger partial charge in [0.15, 0.2) is 0 Å². The molecule has 0 aliphatic rings. The molecule has 3 aromatic heterocycles. The Hall–Kier alpha value is -2.86. The number of rotatable bonds is 4. The molecular weight excluding hydrogens is 306 g/mol. The van der Waals surface area contributed by atoms with E-state index in [2.05, 4.69) is 43.1 Å². The molecule has 3 heterocycles. The van der Waals surface area contributed by atoms with Gasteiger partial charge in [-0.3, -0.25) is 0 Å². The first kappa shape index (κ1) is 13.8. The maximum absolute atomic E-state index is 4.45. The molecule has 0 saturated heterocycles. The smallest absolute Gasteiger partial charge is 0.135 e. The SMILES string of the molecule is c1cnnc(-c2cccnc2NCc2cccc3cnsc23)c1. The zero-order chi connectivity index (χ0) is 15.5. The molecule has 4 rings (SSSR count). The highest BCUT2D eigenvalue weighted by molar-refractivity contribution is 7.13. The van der Waals surface area contributed by atoms with Crippen LogP contribution in [0.15, 0.2) is 61.1 Å². The lowest BCUT2D eigenvalue weighted by Crippen LogP contribution is -2.03. The van der Waals surface area contributed by atoms with Gasteiger partial charge in [0.1, 0.15) is 5.82 Å². The van der Waals surface area contributed by atoms with Crippen LogP contribution in [0.5, 0.6) is 0 Å². The van der Waals surface area contributed by atoms with Gasteiger partial charge in [0.2, 0.25) is 0 Å². The van der Waals surface area contributed by atoms with Crippen LogP contribution in [0.3, 0.4) is 0 Å². The predicted octanol–water partition coefficient (Wildman–Crippen LogP) is 3.76. The second kappa shape index (κ2) is 6.10. The van der Waals surface area contributed by atoms with Gasteiger partial charge in [0.25, 0.3) is 0 Å². The molecule has 112 valence electrons. The first-order valence-corrected chi connectivity index (χ1v) is 7.98. The lowest BCUT2D eigenvalue weighted by atomic mass is 10.1. The van der Waals surface area contributed by atoms with Gasteiger partial charge >= 0.3 is 0 Å². The summed E-state index contributed by atoms with van der Waals surface area (Å²) in [6, 6.07) is 13.9. The number of nitrogens with zero attached hydrogens (tertiary/aromatic N) is 4. The van der Waals surface area contributed by atoms with Crippen molar-refractivity contribution in [3.05, 3.63) is 66.6 Å². The van der Waals surface area contributed by atoms with E-state index in [1.54, 1.807) is 12.4 Å². The molecule has 0 aliphatic heterocycles. The number of aromatic nitrogens is 4. The molecule has 4 aromatic rings. The Morgan fingerprint density at radius 3 is 2.87 bits per heavy atom. The van der Waals surface area contributed by atoms with Crippen molar-refractivity contribution in [3.8, 4) is 11.3 Å². The molecule has 6 heteroatoms. The minimum Gasteiger partial charge on any atom is -0.365 e. The van der Waals surface area contributed by atoms with Gasteiger partial charge in [-0.1, -0.05) is 18.2 Å². The van der Waals surface area contributed by atoms with E-state index in [9.17, 15) is 0 Å². The summed E-state index contributed by atoms with van der Waals surface area (Å²) in [5.74, 6) is 0.800. The van der Waals surface area contributed by atoms with Crippen LogP contribution < -0.4 is 5.32 Å². The highest BCUT2D eigenvalue weighted by Gasteiger charge is 2.08. The highest BCUT2D eigenvalue weighted by Crippen LogP contribution is 2.26. The van der Waals surface area contributed by atoms with Crippen LogP contribution in [0.1, 0.15) is 5.56 Å². The summed E-state index contributed by atoms with van der Waals surface area (Å²) >= 11 is 1.52. The van der Waals surface area contributed by atoms with Crippen LogP contribution in [-0.4, -0.2) is 19.6 Å². The maximum Gasteiger partial charge on any atom is 0.135 e. The number of nitrogens with one attached hydrogen (secondary N) is 1. The van der Waals surface area contributed by atoms with E-state index >= 15 is 0 Å². The summed E-state index contributed by atoms with van der Waals surface area (Å²) in [5.41, 5.74) is 2.96. The average molecular weight is 319 g/mol. The number of hydrogen-bond donors (Lipinski definition) is 1. The van der Waals surface area contributed by atoms with E-state index in [4.69, 9.17) is 0 Å². The van der Waals surface area contributed by atoms with Crippen molar-refractivity contribution in [2.75, 3.05) is 5.32 Å². The summed E-state index contributed by atoms with van der Waals surface area (Å²) in [4.78, 5) is 4.45. The Kier molecular flexibility index (Phi) is 3.65. The Balaban J connectivity index is 1.64. The van der Waals surface area contributed by atoms with Gasteiger partial charge in [0, 0.05) is 36.1 Å². The average Bonchev–Trinajstić information content (AvgIpc) is 3.10. The minimum absolute atomic E-state index is 0.684. The Labute approximate surface area is 137 Å². The van der Waals surface area contributed by atoms with Crippen molar-refractivity contribution in [1.29, 1.82) is 0 Å². The number of fused-ring (bicyclic) bond motifs is 1. The molecule has 23 heavy (non-hydrogen) atoms. The zero-order valence-electron chi connectivity index (χ0n) is 12.2. The number of anilines is 1. The molecule has 0 fully saturated rings. The predicted molar refractivity (Wildman–Crippen MR) is 92.2 cm³/mol. The molecular formula is C17H13N5S. The fraction of sp³-hybridized carbons (Fsp3) is 0.0588. The lowest BCUT2D eigenvalue weighted by Gasteiger charge is -2.10. The first-order chi connectivity index (χ1) is 11.4. The second-order valence-electron chi connectivity index (χ2n) is 5.02. The van der Waals surface area contributed by atoms with Gasteiger partial charge in [-0.2, -0.15) is 14.6 Å². The van der Waals surface area contributed by atoms with E-state index in [-0.39, 0.29) is 0 Å². The third-order valence-corrected chi connectivity index (χ3v) is 4.46. The third-order valence-electron chi connectivity index (χ3n) is 3.57. The zero-order valence-corrected chi connectivity index (χ0v) is 13.0. The molecule has 0 saturated carbocycles. The molecule has 0 aliphatic carbocycles. The largest absolute Gasteiger partial charge is 0.365 e. The maximum atomic E-state index is 4.45. The van der Waals surface area contributed by atoms with E-state index in [0.717, 1.165) is 17.1 Å². The van der Waals surface area contributed by atoms with Crippen LogP contribution in [0, 0.1) is 0 Å². The van der Waals surface area contributed by atoms with Gasteiger partial charge in [0.05, 0.1) is 10.4 Å². The van der Waals surface area contributed by atoms with Gasteiger partial charge in [-0.15, -0.1) is 0 Å². The van der Waals surface area contributed by atoms with Gasteiger partial charge < -0.3 is 5.32 Å². The Bertz CT molecular complexity index is 936. The lowest BCUT2D eigenvalue weighted by molar-refractivity contribution is 1.03. The highest BCUT2D eigenvalue weighted by atomic mass is 32.1. The summed E-state index contributed by atoms with van der Waals surface area (Å²) < 4.78 is 5.47. The summed E-state index contributed by atoms with van der Waals surface area (Å²) in [6.45, 7) is 0.684. The fourth-order valence-corrected chi connectivity index (χ4v) is 3.23. The van der Waals surface area contributed by atoms with Crippen LogP contribution in [-0.2, 0) is 6.54 Å². The van der Waals surface area contributed by atoms with Crippen LogP contribution >= 0.6 is 11.5 Å². The number of benzene rings is 1. The molecule has 0 atom stereocenters. The molecule has 0 bridgehead atoms. The van der Waals surface area contributed by atoms with Crippen molar-refractivity contribution in [3.63, 3.8) is 0 Å². The quantitative estimate of drug-likeness (QED) is 0.620. The van der Waals surface area contributed by atoms with Crippen LogP contribution in [0.4, 0.5) is 5.82 Å². The normalized spacial score (nSPS) is 10.8. The second-order valence-corrected chi connectivity index (χ2v) is 5.82. The number of pyridine rings is 1. The van der Waals surface area contributed by atoms with Crippen molar-refractivity contribution < 1.29 is 0 Å². The van der Waals surface area contributed by atoms with Gasteiger partial charge in [-0.05, 0) is 41.4 Å². The molecule has 5 nitrogen and oxygen atoms in total. The molecule has 0 radical (unpaired) electrons. The van der Waals surface area contributed by atoms with Gasteiger partial charge in [-0.25, -0.2) is 4.98 Å². The molecule has 0 unspecified atom stereocenters. The van der Waals surface area contributed by atoms with E-state index < -0.39 is 0 Å². The number of hydrogen-bond acceptors (Lipinski definition) is 6. The summed E-state index contributed by atoms with van der Waals surface area (Å²) in [6.07, 6.45) is 5.34. The fourth-order valence-electron chi connectivity index (χ4n) is 2.47. The van der Waals surface area contributed by atoms with Crippen molar-refractivity contribution in [2.24, 2.45) is 0 Å². The van der Waals surface area contributed by atoms with E-state index in [0.29, 0.717) is 6.54 Å². The molecule has 1 aromatic carbocycles. The summed E-state index contributed by atoms with van der Waals surface area (Å²) in [7, 11) is 0. The minimum atomic E-state index is 0.684. The molecule has 0 spiro atoms. The molecule has 0 amide bonds. The standard InChI is InChI=1S/C17H13N5S/c1-4-12(16-13(5-1)11-21-23-16)10-19-17-14(6-2-8-18-17)15-7-3-9-20-22-15/h1-9,11H,10H2,(H,18,19). The Morgan fingerprint density at radius 2 is 1.96 bits per heavy atom. The van der Waals surface area contributed by atoms with Crippen molar-refractivity contribution >= 4 is 27.4 Å². The first-order valence-electron chi connectivity index (χ1n) is 7.21. The third kappa shape index (κ3) is 2.76. The monoisotopic (exact) mass is 319 g/mol. The molecule has 1 N–H and O–H groups in total. The van der Waals surface area contributed by atoms with Crippen LogP contribution in [0.2, 0.25) is 0 Å². The Morgan fingerprint density at radius 1 is 1.00 bits per heavy atom. The van der Waals surface area contributed by atoms with Crippen LogP contribution in [0.25, 0.3) is 21.3 Å². The van der Waals surface area contributed by atoms with E-state index in [1.165, 1.54) is 27.2 Å². The van der Waals surface area contributed by atoms with Crippen molar-refractivity contribution in [2.45, 2.75) is 6.54 Å². The summed E-state index contributed by atoms with van der Waals surface area (Å²) in [5, 5.41) is 12.7. The topological polar surface area (TPSA) is 63.6 Å².